The number of methoxy groups -OCH3 is 1. The number of carbonyl (C=O) groups excluding carboxylic acids is 1. The number of para-hydroxylation sites is 1. The fraction of sp³-hybridized carbons (Fsp3) is 0.462. The molecule has 2 N–H and O–H groups in total. The molecule has 0 aliphatic carbocycles. The molecule has 0 fully saturated rings. The van der Waals surface area contributed by atoms with E-state index < -0.39 is 0 Å². The Kier molecular flexibility index (Phi) is 5.49. The van der Waals surface area contributed by atoms with Crippen molar-refractivity contribution in [2.75, 3.05) is 13.7 Å². The molecule has 1 rings (SSSR count). The zero-order valence-corrected chi connectivity index (χ0v) is 10.3. The maximum absolute atomic E-state index is 11.6. The minimum absolute atomic E-state index is 0.0600. The van der Waals surface area contributed by atoms with E-state index in [1.165, 1.54) is 0 Å². The second kappa shape index (κ2) is 6.91. The van der Waals surface area contributed by atoms with E-state index in [2.05, 4.69) is 5.32 Å². The van der Waals surface area contributed by atoms with Crippen LogP contribution in [0.5, 0.6) is 5.75 Å². The maximum Gasteiger partial charge on any atom is 0.224 e. The van der Waals surface area contributed by atoms with Crippen LogP contribution in [-0.4, -0.2) is 30.8 Å². The van der Waals surface area contributed by atoms with E-state index in [0.29, 0.717) is 19.4 Å². The molecular formula is C13H19NO3. The molecule has 0 aromatic heterocycles. The van der Waals surface area contributed by atoms with Crippen molar-refractivity contribution in [2.45, 2.75) is 25.9 Å². The average Bonchev–Trinajstić information content (AvgIpc) is 2.29. The van der Waals surface area contributed by atoms with E-state index >= 15 is 0 Å². The van der Waals surface area contributed by atoms with Crippen LogP contribution < -0.4 is 10.1 Å². The van der Waals surface area contributed by atoms with Crippen LogP contribution in [0.2, 0.25) is 0 Å². The van der Waals surface area contributed by atoms with E-state index in [-0.39, 0.29) is 12.0 Å². The number of hydrogen-bond acceptors (Lipinski definition) is 3. The SMILES string of the molecule is COc1ccccc1CC(=O)NCCC(C)O. The van der Waals surface area contributed by atoms with Gasteiger partial charge in [0.2, 0.25) is 5.91 Å². The lowest BCUT2D eigenvalue weighted by Gasteiger charge is -2.09. The Labute approximate surface area is 102 Å². The standard InChI is InChI=1S/C13H19NO3/c1-10(15)7-8-14-13(16)9-11-5-3-4-6-12(11)17-2/h3-6,10,15H,7-9H2,1-2H3,(H,14,16). The van der Waals surface area contributed by atoms with Crippen molar-refractivity contribution < 1.29 is 14.6 Å². The van der Waals surface area contributed by atoms with Gasteiger partial charge >= 0.3 is 0 Å². The van der Waals surface area contributed by atoms with Gasteiger partial charge in [-0.3, -0.25) is 4.79 Å². The Morgan fingerprint density at radius 1 is 1.47 bits per heavy atom. The van der Waals surface area contributed by atoms with Crippen LogP contribution >= 0.6 is 0 Å². The lowest BCUT2D eigenvalue weighted by atomic mass is 10.1. The summed E-state index contributed by atoms with van der Waals surface area (Å²) in [4.78, 5) is 11.6. The van der Waals surface area contributed by atoms with Gasteiger partial charge in [0.15, 0.2) is 0 Å². The molecule has 0 radical (unpaired) electrons. The topological polar surface area (TPSA) is 58.6 Å². The Morgan fingerprint density at radius 3 is 2.82 bits per heavy atom. The van der Waals surface area contributed by atoms with Gasteiger partial charge in [0.25, 0.3) is 0 Å². The predicted octanol–water partition coefficient (Wildman–Crippen LogP) is 1.12. The first-order chi connectivity index (χ1) is 8.13. The second-order valence-corrected chi connectivity index (χ2v) is 3.98. The number of nitrogens with one attached hydrogen (secondary N) is 1. The molecule has 94 valence electrons. The van der Waals surface area contributed by atoms with Gasteiger partial charge in [-0.25, -0.2) is 0 Å². The third kappa shape index (κ3) is 4.87. The van der Waals surface area contributed by atoms with Crippen molar-refractivity contribution >= 4 is 5.91 Å². The zero-order chi connectivity index (χ0) is 12.7. The van der Waals surface area contributed by atoms with Crippen molar-refractivity contribution in [2.24, 2.45) is 0 Å². The molecule has 1 aromatic carbocycles. The van der Waals surface area contributed by atoms with E-state index in [1.807, 2.05) is 24.3 Å². The van der Waals surface area contributed by atoms with Crippen molar-refractivity contribution in [3.05, 3.63) is 29.8 Å². The summed E-state index contributed by atoms with van der Waals surface area (Å²) in [6, 6.07) is 7.44. The van der Waals surface area contributed by atoms with Gasteiger partial charge in [0.1, 0.15) is 5.75 Å². The highest BCUT2D eigenvalue weighted by Gasteiger charge is 2.07. The molecule has 17 heavy (non-hydrogen) atoms. The molecule has 1 amide bonds. The molecule has 1 atom stereocenters. The summed E-state index contributed by atoms with van der Waals surface area (Å²) < 4.78 is 5.17. The molecular weight excluding hydrogens is 218 g/mol. The largest absolute Gasteiger partial charge is 0.496 e. The summed E-state index contributed by atoms with van der Waals surface area (Å²) >= 11 is 0. The summed E-state index contributed by atoms with van der Waals surface area (Å²) in [5.41, 5.74) is 0.865. The van der Waals surface area contributed by atoms with Crippen LogP contribution in [0, 0.1) is 0 Å². The third-order valence-corrected chi connectivity index (χ3v) is 2.43. The van der Waals surface area contributed by atoms with Crippen LogP contribution in [0.15, 0.2) is 24.3 Å². The van der Waals surface area contributed by atoms with Crippen LogP contribution in [0.4, 0.5) is 0 Å². The second-order valence-electron chi connectivity index (χ2n) is 3.98. The first-order valence-corrected chi connectivity index (χ1v) is 5.70. The van der Waals surface area contributed by atoms with Crippen molar-refractivity contribution in [1.82, 2.24) is 5.32 Å². The zero-order valence-electron chi connectivity index (χ0n) is 10.3. The Hall–Kier alpha value is -1.55. The molecule has 4 nitrogen and oxygen atoms in total. The highest BCUT2D eigenvalue weighted by molar-refractivity contribution is 5.79. The van der Waals surface area contributed by atoms with E-state index in [1.54, 1.807) is 14.0 Å². The molecule has 1 aromatic rings. The summed E-state index contributed by atoms with van der Waals surface area (Å²) in [6.07, 6.45) is 0.475. The van der Waals surface area contributed by atoms with Crippen molar-refractivity contribution in [1.29, 1.82) is 0 Å². The molecule has 0 bridgehead atoms. The smallest absolute Gasteiger partial charge is 0.224 e. The van der Waals surface area contributed by atoms with Crippen LogP contribution in [0.25, 0.3) is 0 Å². The molecule has 0 spiro atoms. The number of aliphatic hydroxyl groups is 1. The Bertz CT molecular complexity index is 363. The highest BCUT2D eigenvalue weighted by atomic mass is 16.5. The Balaban J connectivity index is 2.45. The highest BCUT2D eigenvalue weighted by Crippen LogP contribution is 2.17. The van der Waals surface area contributed by atoms with E-state index in [4.69, 9.17) is 9.84 Å². The fourth-order valence-electron chi connectivity index (χ4n) is 1.50. The van der Waals surface area contributed by atoms with Gasteiger partial charge in [-0.05, 0) is 19.4 Å². The number of rotatable bonds is 6. The first kappa shape index (κ1) is 13.5. The molecule has 0 saturated carbocycles. The van der Waals surface area contributed by atoms with Gasteiger partial charge in [-0.1, -0.05) is 18.2 Å². The number of aliphatic hydroxyl groups excluding tert-OH is 1. The summed E-state index contributed by atoms with van der Waals surface area (Å²) in [6.45, 7) is 2.19. The molecule has 0 aliphatic rings. The molecule has 4 heteroatoms. The first-order valence-electron chi connectivity index (χ1n) is 5.70. The van der Waals surface area contributed by atoms with Gasteiger partial charge in [-0.15, -0.1) is 0 Å². The number of carbonyl (C=O) groups is 1. The monoisotopic (exact) mass is 237 g/mol. The molecule has 0 aliphatic heterocycles. The number of amides is 1. The summed E-state index contributed by atoms with van der Waals surface area (Å²) in [5, 5.41) is 11.8. The minimum atomic E-state index is -0.387. The average molecular weight is 237 g/mol. The molecule has 0 heterocycles. The van der Waals surface area contributed by atoms with Gasteiger partial charge in [0, 0.05) is 12.1 Å². The number of hydrogen-bond donors (Lipinski definition) is 2. The lowest BCUT2D eigenvalue weighted by molar-refractivity contribution is -0.120. The normalized spacial score (nSPS) is 11.9. The quantitative estimate of drug-likeness (QED) is 0.779. The van der Waals surface area contributed by atoms with Crippen LogP contribution in [0.3, 0.4) is 0 Å². The Morgan fingerprint density at radius 2 is 2.18 bits per heavy atom. The minimum Gasteiger partial charge on any atom is -0.496 e. The van der Waals surface area contributed by atoms with E-state index in [0.717, 1.165) is 11.3 Å². The lowest BCUT2D eigenvalue weighted by Crippen LogP contribution is -2.28. The van der Waals surface area contributed by atoms with Crippen molar-refractivity contribution in [3.63, 3.8) is 0 Å². The van der Waals surface area contributed by atoms with Gasteiger partial charge < -0.3 is 15.2 Å². The maximum atomic E-state index is 11.6. The predicted molar refractivity (Wildman–Crippen MR) is 66.0 cm³/mol. The fourth-order valence-corrected chi connectivity index (χ4v) is 1.50. The molecule has 1 unspecified atom stereocenters. The van der Waals surface area contributed by atoms with E-state index in [9.17, 15) is 4.79 Å². The van der Waals surface area contributed by atoms with Gasteiger partial charge in [0.05, 0.1) is 19.6 Å². The van der Waals surface area contributed by atoms with Crippen LogP contribution in [0.1, 0.15) is 18.9 Å². The number of ether oxygens (including phenoxy) is 1. The summed E-state index contributed by atoms with van der Waals surface area (Å²) in [5.74, 6) is 0.660. The van der Waals surface area contributed by atoms with Gasteiger partial charge in [-0.2, -0.15) is 0 Å². The summed E-state index contributed by atoms with van der Waals surface area (Å²) in [7, 11) is 1.59. The van der Waals surface area contributed by atoms with Crippen molar-refractivity contribution in [3.8, 4) is 5.75 Å². The molecule has 0 saturated heterocycles. The number of benzene rings is 1. The van der Waals surface area contributed by atoms with Crippen LogP contribution in [-0.2, 0) is 11.2 Å². The third-order valence-electron chi connectivity index (χ3n) is 2.43.